The fourth-order valence-corrected chi connectivity index (χ4v) is 3.09. The lowest BCUT2D eigenvalue weighted by Gasteiger charge is -2.48. The molecule has 1 N–H and O–H groups in total. The predicted molar refractivity (Wildman–Crippen MR) is 66.8 cm³/mol. The normalized spacial score (nSPS) is 24.5. The number of carbonyl (C=O) groups excluding carboxylic acids is 1. The molecule has 0 bridgehead atoms. The highest BCUT2D eigenvalue weighted by Gasteiger charge is 2.45. The van der Waals surface area contributed by atoms with Crippen LogP contribution in [-0.4, -0.2) is 46.0 Å². The smallest absolute Gasteiger partial charge is 0.408 e. The Labute approximate surface area is 111 Å². The summed E-state index contributed by atoms with van der Waals surface area (Å²) in [5, 5.41) is 2.43. The second-order valence-corrected chi connectivity index (χ2v) is 6.62. The summed E-state index contributed by atoms with van der Waals surface area (Å²) in [7, 11) is -4.62. The predicted octanol–water partition coefficient (Wildman–Crippen LogP) is 0.371. The molecule has 0 aliphatic carbocycles. The van der Waals surface area contributed by atoms with Crippen LogP contribution in [0.15, 0.2) is 0 Å². The van der Waals surface area contributed by atoms with Gasteiger partial charge in [0.2, 0.25) is 0 Å². The summed E-state index contributed by atoms with van der Waals surface area (Å²) in [6.07, 6.45) is -0.704. The van der Waals surface area contributed by atoms with Crippen LogP contribution in [0.1, 0.15) is 27.7 Å². The average Bonchev–Trinajstić information content (AvgIpc) is 2.09. The van der Waals surface area contributed by atoms with Crippen molar-refractivity contribution in [1.29, 1.82) is 0 Å². The van der Waals surface area contributed by atoms with Gasteiger partial charge in [0.05, 0.1) is 6.04 Å². The average molecular weight is 295 g/mol. The van der Waals surface area contributed by atoms with Crippen molar-refractivity contribution in [3.8, 4) is 0 Å². The Morgan fingerprint density at radius 2 is 2.00 bits per heavy atom. The zero-order valence-electron chi connectivity index (χ0n) is 10.5. The lowest BCUT2D eigenvalue weighted by molar-refractivity contribution is 0.0491. The van der Waals surface area contributed by atoms with E-state index in [2.05, 4.69) is 5.32 Å². The summed E-state index contributed by atoms with van der Waals surface area (Å²) >= 11 is 4.79. The molecule has 0 aromatic carbocycles. The second kappa shape index (κ2) is 4.63. The Kier molecular flexibility index (Phi) is 3.89. The van der Waals surface area contributed by atoms with Crippen molar-refractivity contribution in [1.82, 2.24) is 9.62 Å². The molecule has 9 heteroatoms. The van der Waals surface area contributed by atoms with Crippen LogP contribution in [0.2, 0.25) is 0 Å². The summed E-state index contributed by atoms with van der Waals surface area (Å²) in [5.74, 6) is 0. The molecule has 18 heavy (non-hydrogen) atoms. The Balaban J connectivity index is 2.63. The maximum atomic E-state index is 11.5. The number of amides is 1. The number of thiocarbonyl (C=S) groups is 1. The van der Waals surface area contributed by atoms with Crippen LogP contribution in [-0.2, 0) is 15.0 Å². The van der Waals surface area contributed by atoms with Crippen molar-refractivity contribution in [3.05, 3.63) is 0 Å². The number of ether oxygens (including phenoxy) is 1. The van der Waals surface area contributed by atoms with Crippen LogP contribution in [0.5, 0.6) is 0 Å². The Morgan fingerprint density at radius 3 is 2.33 bits per heavy atom. The van der Waals surface area contributed by atoms with Gasteiger partial charge in [0.1, 0.15) is 16.6 Å². The third-order valence-corrected chi connectivity index (χ3v) is 3.83. The summed E-state index contributed by atoms with van der Waals surface area (Å²) in [6, 6.07) is -1.38. The number of hydrogen-bond donors (Lipinski definition) is 1. The molecule has 1 saturated heterocycles. The lowest BCUT2D eigenvalue weighted by Crippen LogP contribution is -2.70. The Hall–Kier alpha value is -0.930. The van der Waals surface area contributed by atoms with Crippen molar-refractivity contribution in [2.45, 2.75) is 45.4 Å². The maximum Gasteiger partial charge on any atom is 0.408 e. The minimum atomic E-state index is -4.62. The van der Waals surface area contributed by atoms with Gasteiger partial charge in [-0.05, 0) is 27.7 Å². The van der Waals surface area contributed by atoms with Crippen molar-refractivity contribution >= 4 is 33.6 Å². The summed E-state index contributed by atoms with van der Waals surface area (Å²) in [6.45, 7) is 6.57. The molecule has 7 nitrogen and oxygen atoms in total. The van der Waals surface area contributed by atoms with E-state index in [0.717, 1.165) is 0 Å². The van der Waals surface area contributed by atoms with E-state index in [1.165, 1.54) is 6.92 Å². The first-order valence-electron chi connectivity index (χ1n) is 5.22. The Bertz CT molecular complexity index is 468. The van der Waals surface area contributed by atoms with E-state index in [0.29, 0.717) is 4.31 Å². The molecule has 0 unspecified atom stereocenters. The van der Waals surface area contributed by atoms with Gasteiger partial charge >= 0.3 is 6.09 Å². The van der Waals surface area contributed by atoms with E-state index in [4.69, 9.17) is 17.0 Å². The van der Waals surface area contributed by atoms with E-state index >= 15 is 0 Å². The number of carbonyl (C=O) groups is 1. The number of nitrogens with zero attached hydrogens (tertiary/aromatic N) is 1. The largest absolute Gasteiger partial charge is 0.731 e. The number of nitrogens with one attached hydrogen (secondary N) is 1. The minimum Gasteiger partial charge on any atom is -0.731 e. The van der Waals surface area contributed by atoms with Crippen LogP contribution >= 0.6 is 12.2 Å². The lowest BCUT2D eigenvalue weighted by atomic mass is 10.0. The van der Waals surface area contributed by atoms with Gasteiger partial charge in [-0.3, -0.25) is 4.31 Å². The molecule has 0 saturated carbocycles. The number of hydrogen-bond acceptors (Lipinski definition) is 6. The molecular formula is C9H15N2O5S2-. The summed E-state index contributed by atoms with van der Waals surface area (Å²) < 4.78 is 38.1. The SMILES string of the molecule is C[C@H]1[C@H](NC(=O)OC(C)(C)C)C(=S)N1S(=O)(=O)[O-]. The number of rotatable bonds is 2. The maximum absolute atomic E-state index is 11.5. The van der Waals surface area contributed by atoms with E-state index in [1.54, 1.807) is 20.8 Å². The highest BCUT2D eigenvalue weighted by Crippen LogP contribution is 2.24. The van der Waals surface area contributed by atoms with Crippen molar-refractivity contribution < 1.29 is 22.5 Å². The summed E-state index contributed by atoms with van der Waals surface area (Å²) in [5.41, 5.74) is -0.664. The number of alkyl carbamates (subject to hydrolysis) is 1. The molecule has 1 fully saturated rings. The third-order valence-electron chi connectivity index (χ3n) is 2.25. The highest BCUT2D eigenvalue weighted by molar-refractivity contribution is 7.87. The van der Waals surface area contributed by atoms with Crippen molar-refractivity contribution in [2.24, 2.45) is 0 Å². The van der Waals surface area contributed by atoms with Gasteiger partial charge in [-0.25, -0.2) is 13.2 Å². The molecule has 104 valence electrons. The van der Waals surface area contributed by atoms with E-state index < -0.39 is 34.1 Å². The first-order valence-corrected chi connectivity index (χ1v) is 6.99. The molecule has 0 aromatic rings. The monoisotopic (exact) mass is 295 g/mol. The molecule has 0 aromatic heterocycles. The zero-order valence-corrected chi connectivity index (χ0v) is 12.1. The fourth-order valence-electron chi connectivity index (χ4n) is 1.53. The van der Waals surface area contributed by atoms with Gasteiger partial charge in [-0.2, -0.15) is 0 Å². The standard InChI is InChI=1S/C9H16N2O5S2/c1-5-6(7(17)11(5)18(13,14)15)10-8(12)16-9(2,3)4/h5-6H,1-4H3,(H,10,12)(H,13,14,15)/p-1/t5-,6-/m0/s1. The summed E-state index contributed by atoms with van der Waals surface area (Å²) in [4.78, 5) is 11.3. The molecule has 1 rings (SSSR count). The second-order valence-electron chi connectivity index (χ2n) is 4.96. The zero-order chi connectivity index (χ0) is 14.3. The quantitative estimate of drug-likeness (QED) is 0.584. The highest BCUT2D eigenvalue weighted by atomic mass is 32.2. The molecular weight excluding hydrogens is 280 g/mol. The topological polar surface area (TPSA) is 98.8 Å². The van der Waals surface area contributed by atoms with Crippen molar-refractivity contribution in [2.75, 3.05) is 0 Å². The van der Waals surface area contributed by atoms with E-state index in [9.17, 15) is 17.8 Å². The van der Waals surface area contributed by atoms with E-state index in [-0.39, 0.29) is 4.99 Å². The van der Waals surface area contributed by atoms with Gasteiger partial charge in [-0.1, -0.05) is 12.2 Å². The molecule has 1 heterocycles. The molecule has 2 atom stereocenters. The van der Waals surface area contributed by atoms with Gasteiger partial charge in [0.15, 0.2) is 10.3 Å². The third kappa shape index (κ3) is 3.30. The first-order chi connectivity index (χ1) is 7.93. The fraction of sp³-hybridized carbons (Fsp3) is 0.778. The molecule has 0 spiro atoms. The van der Waals surface area contributed by atoms with Crippen LogP contribution in [0.25, 0.3) is 0 Å². The van der Waals surface area contributed by atoms with Crippen LogP contribution in [0, 0.1) is 0 Å². The van der Waals surface area contributed by atoms with Crippen LogP contribution < -0.4 is 5.32 Å². The van der Waals surface area contributed by atoms with Crippen LogP contribution in [0.4, 0.5) is 4.79 Å². The van der Waals surface area contributed by atoms with Gasteiger partial charge in [0.25, 0.3) is 0 Å². The molecule has 1 aliphatic rings. The Morgan fingerprint density at radius 1 is 1.50 bits per heavy atom. The molecule has 1 amide bonds. The van der Waals surface area contributed by atoms with Gasteiger partial charge < -0.3 is 14.6 Å². The first kappa shape index (κ1) is 15.1. The van der Waals surface area contributed by atoms with Crippen molar-refractivity contribution in [3.63, 3.8) is 0 Å². The van der Waals surface area contributed by atoms with Crippen LogP contribution in [0.3, 0.4) is 0 Å². The molecule has 0 radical (unpaired) electrons. The van der Waals surface area contributed by atoms with Gasteiger partial charge in [-0.15, -0.1) is 0 Å². The molecule has 1 aliphatic heterocycles. The minimum absolute atomic E-state index is 0.122. The van der Waals surface area contributed by atoms with Gasteiger partial charge in [0, 0.05) is 0 Å². The van der Waals surface area contributed by atoms with E-state index in [1.807, 2.05) is 0 Å².